The highest BCUT2D eigenvalue weighted by Gasteiger charge is 2.31. The van der Waals surface area contributed by atoms with Crippen LogP contribution in [-0.4, -0.2) is 36.9 Å². The minimum absolute atomic E-state index is 0.0635. The molecule has 7 heteroatoms. The fourth-order valence-corrected chi connectivity index (χ4v) is 3.73. The summed E-state index contributed by atoms with van der Waals surface area (Å²) in [6.45, 7) is 3.43. The van der Waals surface area contributed by atoms with Crippen LogP contribution >= 0.6 is 0 Å². The third kappa shape index (κ3) is 3.09. The Bertz CT molecular complexity index is 931. The second-order valence-corrected chi connectivity index (χ2v) is 6.67. The van der Waals surface area contributed by atoms with E-state index in [1.807, 2.05) is 15.7 Å². The van der Waals surface area contributed by atoms with Gasteiger partial charge in [-0.1, -0.05) is 6.92 Å². The van der Waals surface area contributed by atoms with Crippen LogP contribution in [0, 0.1) is 5.82 Å². The molecule has 3 heterocycles. The lowest BCUT2D eigenvalue weighted by Gasteiger charge is -2.23. The normalized spacial score (nSPS) is 17.3. The third-order valence-corrected chi connectivity index (χ3v) is 5.04. The predicted octanol–water partition coefficient (Wildman–Crippen LogP) is 3.21. The van der Waals surface area contributed by atoms with Gasteiger partial charge in [-0.05, 0) is 31.0 Å². The molecule has 0 saturated carbocycles. The standard InChI is InChI=1S/C19H22FN5O/c1-2-17-21-8-11-24(17)10-7-18(26)25-9-3-4-16(25)19-22-14-6-5-13(20)12-15(14)23-19/h5-6,8,11-12,16H,2-4,7,9-10H2,1H3,(H,22,23)/t16-/m0/s1. The maximum atomic E-state index is 13.4. The van der Waals surface area contributed by atoms with E-state index >= 15 is 0 Å². The summed E-state index contributed by atoms with van der Waals surface area (Å²) in [7, 11) is 0. The predicted molar refractivity (Wildman–Crippen MR) is 96.0 cm³/mol. The molecule has 6 nitrogen and oxygen atoms in total. The summed E-state index contributed by atoms with van der Waals surface area (Å²) in [6.07, 6.45) is 6.81. The van der Waals surface area contributed by atoms with E-state index in [2.05, 4.69) is 21.9 Å². The minimum atomic E-state index is -0.292. The van der Waals surface area contributed by atoms with Crippen molar-refractivity contribution in [3.05, 3.63) is 48.1 Å². The van der Waals surface area contributed by atoms with Crippen molar-refractivity contribution in [3.63, 3.8) is 0 Å². The molecule has 1 saturated heterocycles. The van der Waals surface area contributed by atoms with E-state index in [1.165, 1.54) is 12.1 Å². The van der Waals surface area contributed by atoms with Crippen LogP contribution < -0.4 is 0 Å². The first-order valence-corrected chi connectivity index (χ1v) is 9.10. The number of likely N-dealkylation sites (tertiary alicyclic amines) is 1. The number of carbonyl (C=O) groups is 1. The summed E-state index contributed by atoms with van der Waals surface area (Å²) in [4.78, 5) is 26.7. The molecule has 0 bridgehead atoms. The molecular weight excluding hydrogens is 333 g/mol. The topological polar surface area (TPSA) is 66.8 Å². The molecule has 0 radical (unpaired) electrons. The Morgan fingerprint density at radius 2 is 2.31 bits per heavy atom. The molecule has 1 aromatic carbocycles. The lowest BCUT2D eigenvalue weighted by atomic mass is 10.2. The van der Waals surface area contributed by atoms with Crippen molar-refractivity contribution < 1.29 is 9.18 Å². The van der Waals surface area contributed by atoms with Crippen molar-refractivity contribution in [2.75, 3.05) is 6.54 Å². The molecule has 1 amide bonds. The number of rotatable bonds is 5. The van der Waals surface area contributed by atoms with Crippen LogP contribution in [0.25, 0.3) is 11.0 Å². The van der Waals surface area contributed by atoms with E-state index in [0.717, 1.165) is 43.0 Å². The number of halogens is 1. The van der Waals surface area contributed by atoms with E-state index in [-0.39, 0.29) is 17.8 Å². The summed E-state index contributed by atoms with van der Waals surface area (Å²) in [5, 5.41) is 0. The van der Waals surface area contributed by atoms with Crippen molar-refractivity contribution in [2.45, 2.75) is 45.2 Å². The van der Waals surface area contributed by atoms with E-state index in [9.17, 15) is 9.18 Å². The lowest BCUT2D eigenvalue weighted by Crippen LogP contribution is -2.31. The van der Waals surface area contributed by atoms with Crippen LogP contribution in [0.15, 0.2) is 30.6 Å². The Morgan fingerprint density at radius 1 is 1.42 bits per heavy atom. The second kappa shape index (κ2) is 6.90. The van der Waals surface area contributed by atoms with Gasteiger partial charge < -0.3 is 14.5 Å². The number of nitrogens with one attached hydrogen (secondary N) is 1. The van der Waals surface area contributed by atoms with E-state index in [4.69, 9.17) is 0 Å². The number of amides is 1. The fraction of sp³-hybridized carbons (Fsp3) is 0.421. The number of nitrogens with zero attached hydrogens (tertiary/aromatic N) is 4. The summed E-state index contributed by atoms with van der Waals surface area (Å²) in [5.41, 5.74) is 1.40. The zero-order valence-corrected chi connectivity index (χ0v) is 14.8. The fourth-order valence-electron chi connectivity index (χ4n) is 3.73. The zero-order valence-electron chi connectivity index (χ0n) is 14.8. The van der Waals surface area contributed by atoms with Crippen LogP contribution in [-0.2, 0) is 17.8 Å². The number of imidazole rings is 2. The Morgan fingerprint density at radius 3 is 3.15 bits per heavy atom. The van der Waals surface area contributed by atoms with Gasteiger partial charge in [-0.15, -0.1) is 0 Å². The molecule has 0 aliphatic carbocycles. The quantitative estimate of drug-likeness (QED) is 0.764. The third-order valence-electron chi connectivity index (χ3n) is 5.04. The minimum Gasteiger partial charge on any atom is -0.340 e. The van der Waals surface area contributed by atoms with Crippen LogP contribution in [0.5, 0.6) is 0 Å². The molecule has 1 fully saturated rings. The van der Waals surface area contributed by atoms with Gasteiger partial charge in [-0.25, -0.2) is 14.4 Å². The molecule has 4 rings (SSSR count). The summed E-state index contributed by atoms with van der Waals surface area (Å²) in [5.74, 6) is 1.57. The van der Waals surface area contributed by atoms with Crippen LogP contribution in [0.3, 0.4) is 0 Å². The number of aryl methyl sites for hydroxylation is 2. The maximum Gasteiger partial charge on any atom is 0.224 e. The molecule has 1 N–H and O–H groups in total. The highest BCUT2D eigenvalue weighted by Crippen LogP contribution is 2.32. The first-order chi connectivity index (χ1) is 12.7. The number of hydrogen-bond acceptors (Lipinski definition) is 3. The first kappa shape index (κ1) is 16.8. The SMILES string of the molecule is CCc1nccn1CCC(=O)N1CCC[C@H]1c1nc2ccc(F)cc2[nH]1. The van der Waals surface area contributed by atoms with Crippen molar-refractivity contribution >= 4 is 16.9 Å². The van der Waals surface area contributed by atoms with Gasteiger partial charge in [0.25, 0.3) is 0 Å². The van der Waals surface area contributed by atoms with Crippen molar-refractivity contribution in [2.24, 2.45) is 0 Å². The smallest absolute Gasteiger partial charge is 0.224 e. The number of benzene rings is 1. The number of H-pyrrole nitrogens is 1. The molecule has 1 atom stereocenters. The summed E-state index contributed by atoms with van der Waals surface area (Å²) < 4.78 is 15.4. The van der Waals surface area contributed by atoms with Gasteiger partial charge >= 0.3 is 0 Å². The molecule has 2 aromatic heterocycles. The zero-order chi connectivity index (χ0) is 18.1. The number of fused-ring (bicyclic) bond motifs is 1. The van der Waals surface area contributed by atoms with Gasteiger partial charge in [0.05, 0.1) is 17.1 Å². The summed E-state index contributed by atoms with van der Waals surface area (Å²) in [6, 6.07) is 4.45. The Kier molecular flexibility index (Phi) is 4.44. The van der Waals surface area contributed by atoms with Gasteiger partial charge in [-0.2, -0.15) is 0 Å². The second-order valence-electron chi connectivity index (χ2n) is 6.67. The first-order valence-electron chi connectivity index (χ1n) is 9.10. The molecule has 3 aromatic rings. The highest BCUT2D eigenvalue weighted by molar-refractivity contribution is 5.78. The Labute approximate surface area is 151 Å². The molecule has 26 heavy (non-hydrogen) atoms. The number of hydrogen-bond donors (Lipinski definition) is 1. The Hall–Kier alpha value is -2.70. The van der Waals surface area contributed by atoms with Crippen LogP contribution in [0.1, 0.15) is 43.9 Å². The highest BCUT2D eigenvalue weighted by atomic mass is 19.1. The van der Waals surface area contributed by atoms with Crippen molar-refractivity contribution in [3.8, 4) is 0 Å². The average Bonchev–Trinajstić information content (AvgIpc) is 3.36. The molecule has 1 aliphatic heterocycles. The number of aromatic amines is 1. The van der Waals surface area contributed by atoms with Gasteiger partial charge in [-0.3, -0.25) is 4.79 Å². The molecule has 0 spiro atoms. The van der Waals surface area contributed by atoms with Gasteiger partial charge in [0.2, 0.25) is 5.91 Å². The number of aromatic nitrogens is 4. The molecule has 136 valence electrons. The molecule has 0 unspecified atom stereocenters. The van der Waals surface area contributed by atoms with Crippen LogP contribution in [0.4, 0.5) is 4.39 Å². The van der Waals surface area contributed by atoms with E-state index < -0.39 is 0 Å². The monoisotopic (exact) mass is 355 g/mol. The van der Waals surface area contributed by atoms with E-state index in [1.54, 1.807) is 12.3 Å². The van der Waals surface area contributed by atoms with Crippen molar-refractivity contribution in [1.29, 1.82) is 0 Å². The maximum absolute atomic E-state index is 13.4. The Balaban J connectivity index is 1.49. The van der Waals surface area contributed by atoms with Crippen molar-refractivity contribution in [1.82, 2.24) is 24.4 Å². The largest absolute Gasteiger partial charge is 0.340 e. The summed E-state index contributed by atoms with van der Waals surface area (Å²) >= 11 is 0. The molecule has 1 aliphatic rings. The number of carbonyl (C=O) groups excluding carboxylic acids is 1. The molecular formula is C19H22FN5O. The lowest BCUT2D eigenvalue weighted by molar-refractivity contribution is -0.132. The van der Waals surface area contributed by atoms with Crippen LogP contribution in [0.2, 0.25) is 0 Å². The van der Waals surface area contributed by atoms with Gasteiger partial charge in [0.1, 0.15) is 17.5 Å². The van der Waals surface area contributed by atoms with Gasteiger partial charge in [0.15, 0.2) is 0 Å². The van der Waals surface area contributed by atoms with E-state index in [0.29, 0.717) is 18.5 Å². The average molecular weight is 355 g/mol. The van der Waals surface area contributed by atoms with Gasteiger partial charge in [0, 0.05) is 38.3 Å².